The van der Waals surface area contributed by atoms with Gasteiger partial charge in [-0.25, -0.2) is 22.4 Å². The van der Waals surface area contributed by atoms with Crippen LogP contribution in [0.15, 0.2) is 12.4 Å². The molecule has 0 aromatic carbocycles. The third kappa shape index (κ3) is 4.42. The number of nitrogens with zero attached hydrogens (tertiary/aromatic N) is 5. The van der Waals surface area contributed by atoms with Crippen molar-refractivity contribution in [1.82, 2.24) is 24.5 Å². The topological polar surface area (TPSA) is 127 Å². The van der Waals surface area contributed by atoms with Crippen LogP contribution in [0.25, 0.3) is 0 Å². The molecule has 192 valence electrons. The minimum atomic E-state index is -2.86. The van der Waals surface area contributed by atoms with Crippen LogP contribution in [0.4, 0.5) is 34.3 Å². The SMILES string of the molecule is Cn1nc(C(F)F)cc1Nc1nncn1[C@H]1CCc2sc(NC(=O)C3CC(F)(F)C3)c(C(=O)O)c2C1. The van der Waals surface area contributed by atoms with Crippen molar-refractivity contribution >= 4 is 40.0 Å². The summed E-state index contributed by atoms with van der Waals surface area (Å²) >= 11 is 1.14. The fourth-order valence-electron chi connectivity index (χ4n) is 4.60. The molecule has 3 aromatic rings. The maximum atomic E-state index is 13.2. The van der Waals surface area contributed by atoms with Crippen LogP contribution in [0.3, 0.4) is 0 Å². The van der Waals surface area contributed by atoms with Crippen LogP contribution in [-0.4, -0.2) is 47.5 Å². The second-order valence-electron chi connectivity index (χ2n) is 8.93. The van der Waals surface area contributed by atoms with Crippen molar-refractivity contribution in [1.29, 1.82) is 0 Å². The average Bonchev–Trinajstić information content (AvgIpc) is 3.48. The number of alkyl halides is 4. The Morgan fingerprint density at radius 1 is 1.31 bits per heavy atom. The molecule has 1 amide bonds. The zero-order valence-corrected chi connectivity index (χ0v) is 19.7. The zero-order valence-electron chi connectivity index (χ0n) is 18.8. The summed E-state index contributed by atoms with van der Waals surface area (Å²) in [4.78, 5) is 25.3. The van der Waals surface area contributed by atoms with Crippen LogP contribution in [0, 0.1) is 5.92 Å². The predicted molar refractivity (Wildman–Crippen MR) is 120 cm³/mol. The molecule has 10 nitrogen and oxygen atoms in total. The summed E-state index contributed by atoms with van der Waals surface area (Å²) in [7, 11) is 1.51. The van der Waals surface area contributed by atoms with E-state index in [0.29, 0.717) is 24.8 Å². The summed E-state index contributed by atoms with van der Waals surface area (Å²) < 4.78 is 55.3. The van der Waals surface area contributed by atoms with Gasteiger partial charge in [0.25, 0.3) is 6.43 Å². The largest absolute Gasteiger partial charge is 0.478 e. The molecule has 0 bridgehead atoms. The van der Waals surface area contributed by atoms with E-state index in [1.165, 1.54) is 24.1 Å². The number of amides is 1. The van der Waals surface area contributed by atoms with Crippen LogP contribution < -0.4 is 10.6 Å². The number of aromatic nitrogens is 5. The van der Waals surface area contributed by atoms with Crippen molar-refractivity contribution in [3.05, 3.63) is 34.1 Å². The number of rotatable bonds is 7. The molecule has 0 saturated heterocycles. The number of carboxylic acids is 1. The van der Waals surface area contributed by atoms with Crippen LogP contribution in [0.2, 0.25) is 0 Å². The van der Waals surface area contributed by atoms with Crippen LogP contribution in [0.1, 0.15) is 58.2 Å². The number of aromatic carboxylic acids is 1. The first kappa shape index (κ1) is 24.2. The monoisotopic (exact) mass is 527 g/mol. The van der Waals surface area contributed by atoms with E-state index in [1.54, 1.807) is 4.57 Å². The van der Waals surface area contributed by atoms with Crippen molar-refractivity contribution in [2.24, 2.45) is 13.0 Å². The number of anilines is 3. The maximum absolute atomic E-state index is 13.2. The van der Waals surface area contributed by atoms with E-state index < -0.39 is 48.7 Å². The number of halogens is 4. The highest BCUT2D eigenvalue weighted by Crippen LogP contribution is 2.45. The van der Waals surface area contributed by atoms with E-state index in [-0.39, 0.29) is 28.4 Å². The molecule has 2 aliphatic rings. The van der Waals surface area contributed by atoms with Crippen molar-refractivity contribution in [2.45, 2.75) is 50.5 Å². The molecular formula is C21H21F4N7O3S. The van der Waals surface area contributed by atoms with Crippen LogP contribution in [-0.2, 0) is 24.7 Å². The molecule has 0 spiro atoms. The molecule has 1 saturated carbocycles. The average molecular weight is 528 g/mol. The number of thiophene rings is 1. The third-order valence-corrected chi connectivity index (χ3v) is 7.68. The number of hydrogen-bond donors (Lipinski definition) is 3. The number of aryl methyl sites for hydroxylation is 2. The molecule has 5 rings (SSSR count). The van der Waals surface area contributed by atoms with Gasteiger partial charge in [0.15, 0.2) is 0 Å². The molecule has 3 aromatic heterocycles. The Bertz CT molecular complexity index is 1330. The van der Waals surface area contributed by atoms with E-state index in [4.69, 9.17) is 0 Å². The summed E-state index contributed by atoms with van der Waals surface area (Å²) in [5.74, 6) is -4.98. The Balaban J connectivity index is 1.36. The number of nitrogens with one attached hydrogen (secondary N) is 2. The lowest BCUT2D eigenvalue weighted by atomic mass is 9.81. The Labute approximate surface area is 205 Å². The molecule has 2 aliphatic carbocycles. The lowest BCUT2D eigenvalue weighted by molar-refractivity contribution is -0.145. The highest BCUT2D eigenvalue weighted by atomic mass is 32.1. The Morgan fingerprint density at radius 3 is 2.69 bits per heavy atom. The molecule has 3 N–H and O–H groups in total. The highest BCUT2D eigenvalue weighted by Gasteiger charge is 2.49. The molecule has 15 heteroatoms. The van der Waals surface area contributed by atoms with Gasteiger partial charge < -0.3 is 15.7 Å². The Kier molecular flexibility index (Phi) is 5.97. The summed E-state index contributed by atoms with van der Waals surface area (Å²) in [6, 6.07) is 0.955. The number of carbonyl (C=O) groups is 2. The second kappa shape index (κ2) is 8.87. The van der Waals surface area contributed by atoms with E-state index in [9.17, 15) is 32.3 Å². The maximum Gasteiger partial charge on any atom is 0.339 e. The number of carbonyl (C=O) groups excluding carboxylic acids is 1. The third-order valence-electron chi connectivity index (χ3n) is 6.48. The lowest BCUT2D eigenvalue weighted by Gasteiger charge is -2.33. The smallest absolute Gasteiger partial charge is 0.339 e. The summed E-state index contributed by atoms with van der Waals surface area (Å²) in [6.45, 7) is 0. The first-order chi connectivity index (χ1) is 17.0. The van der Waals surface area contributed by atoms with Gasteiger partial charge in [-0.3, -0.25) is 14.0 Å². The van der Waals surface area contributed by atoms with E-state index >= 15 is 0 Å². The minimum absolute atomic E-state index is 0.0464. The Hall–Kier alpha value is -3.49. The van der Waals surface area contributed by atoms with Gasteiger partial charge in [-0.1, -0.05) is 0 Å². The summed E-state index contributed by atoms with van der Waals surface area (Å²) in [6.07, 6.45) is -0.943. The molecule has 0 unspecified atom stereocenters. The van der Waals surface area contributed by atoms with Crippen LogP contribution in [0.5, 0.6) is 0 Å². The van der Waals surface area contributed by atoms with Gasteiger partial charge >= 0.3 is 5.97 Å². The van der Waals surface area contributed by atoms with Gasteiger partial charge in [0, 0.05) is 42.8 Å². The van der Waals surface area contributed by atoms with Crippen molar-refractivity contribution in [3.8, 4) is 0 Å². The number of hydrogen-bond acceptors (Lipinski definition) is 7. The number of fused-ring (bicyclic) bond motifs is 1. The molecule has 0 aliphatic heterocycles. The normalized spacial score (nSPS) is 19.1. The van der Waals surface area contributed by atoms with Gasteiger partial charge in [0.1, 0.15) is 22.8 Å². The number of carboxylic acid groups (broad SMARTS) is 1. The van der Waals surface area contributed by atoms with Crippen molar-refractivity contribution in [2.75, 3.05) is 10.6 Å². The molecule has 1 atom stereocenters. The standard InChI is InChI=1S/C21H21F4N7O3S/c1-31-14(5-12(30-31)16(22)23)27-20-29-26-8-32(20)10-2-3-13-11(4-10)15(19(34)35)18(36-13)28-17(33)9-6-21(24,25)7-9/h5,8-10,16H,2-4,6-7H2,1H3,(H,27,29)(H,28,33)(H,34,35)/t10-/m0/s1. The van der Waals surface area contributed by atoms with E-state index in [0.717, 1.165) is 16.2 Å². The van der Waals surface area contributed by atoms with Crippen molar-refractivity contribution in [3.63, 3.8) is 0 Å². The van der Waals surface area contributed by atoms with Gasteiger partial charge in [-0.05, 0) is 24.8 Å². The highest BCUT2D eigenvalue weighted by molar-refractivity contribution is 7.17. The zero-order chi connectivity index (χ0) is 25.8. The quantitative estimate of drug-likeness (QED) is 0.394. The molecule has 36 heavy (non-hydrogen) atoms. The first-order valence-corrected chi connectivity index (χ1v) is 11.9. The fraction of sp³-hybridized carbons (Fsp3) is 0.476. The predicted octanol–water partition coefficient (Wildman–Crippen LogP) is 4.17. The van der Waals surface area contributed by atoms with Crippen molar-refractivity contribution < 1.29 is 32.3 Å². The summed E-state index contributed by atoms with van der Waals surface area (Å²) in [5.41, 5.74) is 0.117. The van der Waals surface area contributed by atoms with Gasteiger partial charge in [-0.15, -0.1) is 21.5 Å². The fourth-order valence-corrected chi connectivity index (χ4v) is 5.84. The van der Waals surface area contributed by atoms with Crippen LogP contribution >= 0.6 is 11.3 Å². The minimum Gasteiger partial charge on any atom is -0.478 e. The molecule has 3 heterocycles. The molecule has 0 radical (unpaired) electrons. The molecular weight excluding hydrogens is 506 g/mol. The van der Waals surface area contributed by atoms with Gasteiger partial charge in [0.05, 0.1) is 5.56 Å². The van der Waals surface area contributed by atoms with E-state index in [1.807, 2.05) is 0 Å². The van der Waals surface area contributed by atoms with E-state index in [2.05, 4.69) is 25.9 Å². The lowest BCUT2D eigenvalue weighted by Crippen LogP contribution is -2.42. The molecule has 1 fully saturated rings. The Morgan fingerprint density at radius 2 is 2.06 bits per heavy atom. The first-order valence-electron chi connectivity index (χ1n) is 11.1. The van der Waals surface area contributed by atoms with Gasteiger partial charge in [0.2, 0.25) is 17.8 Å². The summed E-state index contributed by atoms with van der Waals surface area (Å²) in [5, 5.41) is 27.2. The second-order valence-corrected chi connectivity index (χ2v) is 10.0. The van der Waals surface area contributed by atoms with Gasteiger partial charge in [-0.2, -0.15) is 5.10 Å².